The number of benzene rings is 1. The molecule has 1 heterocycles. The molecule has 0 amide bonds. The van der Waals surface area contributed by atoms with Gasteiger partial charge in [0, 0.05) is 19.2 Å². The summed E-state index contributed by atoms with van der Waals surface area (Å²) in [4.78, 5) is 0. The number of hydrogen-bond donors (Lipinski definition) is 1. The Kier molecular flexibility index (Phi) is 3.67. The minimum Gasteiger partial charge on any atom is -0.494 e. The van der Waals surface area contributed by atoms with Crippen LogP contribution in [-0.2, 0) is 13.6 Å². The van der Waals surface area contributed by atoms with Crippen LogP contribution in [0.5, 0.6) is 5.75 Å². The summed E-state index contributed by atoms with van der Waals surface area (Å²) in [5.74, 6) is 0.927. The SMILES string of the molecule is CCOc1ccc(-c2cc(CN)n(C)n2)cc1C. The van der Waals surface area contributed by atoms with Crippen molar-refractivity contribution in [2.24, 2.45) is 12.8 Å². The van der Waals surface area contributed by atoms with Crippen molar-refractivity contribution in [2.45, 2.75) is 20.4 Å². The van der Waals surface area contributed by atoms with Crippen molar-refractivity contribution in [2.75, 3.05) is 6.61 Å². The molecule has 0 spiro atoms. The first-order chi connectivity index (χ1) is 8.65. The Morgan fingerprint density at radius 2 is 2.11 bits per heavy atom. The molecule has 1 aromatic heterocycles. The van der Waals surface area contributed by atoms with Crippen molar-refractivity contribution >= 4 is 0 Å². The maximum absolute atomic E-state index is 5.65. The van der Waals surface area contributed by atoms with Gasteiger partial charge in [-0.3, -0.25) is 4.68 Å². The molecule has 0 saturated heterocycles. The van der Waals surface area contributed by atoms with E-state index in [1.165, 1.54) is 0 Å². The van der Waals surface area contributed by atoms with Gasteiger partial charge in [-0.2, -0.15) is 5.10 Å². The van der Waals surface area contributed by atoms with Crippen LogP contribution in [0.25, 0.3) is 11.3 Å². The second-order valence-electron chi connectivity index (χ2n) is 4.26. The Morgan fingerprint density at radius 1 is 1.33 bits per heavy atom. The predicted molar refractivity (Wildman–Crippen MR) is 72.4 cm³/mol. The van der Waals surface area contributed by atoms with Crippen LogP contribution in [0, 0.1) is 6.92 Å². The lowest BCUT2D eigenvalue weighted by atomic mass is 10.1. The number of nitrogens with zero attached hydrogens (tertiary/aromatic N) is 2. The molecule has 18 heavy (non-hydrogen) atoms. The van der Waals surface area contributed by atoms with Crippen molar-refractivity contribution in [1.82, 2.24) is 9.78 Å². The van der Waals surface area contributed by atoms with Gasteiger partial charge in [0.05, 0.1) is 18.0 Å². The first kappa shape index (κ1) is 12.6. The van der Waals surface area contributed by atoms with Crippen molar-refractivity contribution in [3.8, 4) is 17.0 Å². The lowest BCUT2D eigenvalue weighted by molar-refractivity contribution is 0.338. The third kappa shape index (κ3) is 2.38. The summed E-state index contributed by atoms with van der Waals surface area (Å²) in [5.41, 5.74) is 9.84. The van der Waals surface area contributed by atoms with Gasteiger partial charge in [0.1, 0.15) is 5.75 Å². The van der Waals surface area contributed by atoms with Crippen LogP contribution in [0.4, 0.5) is 0 Å². The number of aromatic nitrogens is 2. The molecule has 4 heteroatoms. The van der Waals surface area contributed by atoms with Gasteiger partial charge in [0.25, 0.3) is 0 Å². The Morgan fingerprint density at radius 3 is 2.67 bits per heavy atom. The maximum atomic E-state index is 5.65. The fraction of sp³-hybridized carbons (Fsp3) is 0.357. The molecule has 0 radical (unpaired) electrons. The minimum absolute atomic E-state index is 0.500. The summed E-state index contributed by atoms with van der Waals surface area (Å²) in [5, 5.41) is 4.46. The Balaban J connectivity index is 2.35. The van der Waals surface area contributed by atoms with Crippen molar-refractivity contribution < 1.29 is 4.74 Å². The quantitative estimate of drug-likeness (QED) is 0.898. The molecule has 4 nitrogen and oxygen atoms in total. The second-order valence-corrected chi connectivity index (χ2v) is 4.26. The molecule has 0 atom stereocenters. The van der Waals surface area contributed by atoms with Crippen LogP contribution < -0.4 is 10.5 Å². The molecule has 2 rings (SSSR count). The highest BCUT2D eigenvalue weighted by atomic mass is 16.5. The molecule has 0 aliphatic rings. The second kappa shape index (κ2) is 5.23. The highest BCUT2D eigenvalue weighted by molar-refractivity contribution is 5.62. The average molecular weight is 245 g/mol. The standard InChI is InChI=1S/C14H19N3O/c1-4-18-14-6-5-11(7-10(14)2)13-8-12(9-15)17(3)16-13/h5-8H,4,9,15H2,1-3H3. The molecule has 0 fully saturated rings. The fourth-order valence-corrected chi connectivity index (χ4v) is 1.96. The zero-order valence-corrected chi connectivity index (χ0v) is 11.1. The van der Waals surface area contributed by atoms with Gasteiger partial charge in [0.15, 0.2) is 0 Å². The smallest absolute Gasteiger partial charge is 0.122 e. The van der Waals surface area contributed by atoms with E-state index in [0.717, 1.165) is 28.3 Å². The van der Waals surface area contributed by atoms with Crippen LogP contribution in [0.1, 0.15) is 18.2 Å². The van der Waals surface area contributed by atoms with E-state index in [1.54, 1.807) is 0 Å². The summed E-state index contributed by atoms with van der Waals surface area (Å²) < 4.78 is 7.35. The molecule has 2 N–H and O–H groups in total. The predicted octanol–water partition coefficient (Wildman–Crippen LogP) is 2.25. The van der Waals surface area contributed by atoms with E-state index in [0.29, 0.717) is 13.2 Å². The third-order valence-corrected chi connectivity index (χ3v) is 2.96. The summed E-state index contributed by atoms with van der Waals surface area (Å²) >= 11 is 0. The van der Waals surface area contributed by atoms with Crippen molar-refractivity contribution in [3.05, 3.63) is 35.5 Å². The van der Waals surface area contributed by atoms with Gasteiger partial charge >= 0.3 is 0 Å². The van der Waals surface area contributed by atoms with Crippen LogP contribution in [0.15, 0.2) is 24.3 Å². The molecule has 96 valence electrons. The van der Waals surface area contributed by atoms with E-state index in [-0.39, 0.29) is 0 Å². The van der Waals surface area contributed by atoms with Crippen LogP contribution in [0.2, 0.25) is 0 Å². The van der Waals surface area contributed by atoms with Crippen LogP contribution in [-0.4, -0.2) is 16.4 Å². The lowest BCUT2D eigenvalue weighted by Crippen LogP contribution is -2.03. The molecule has 0 saturated carbocycles. The van der Waals surface area contributed by atoms with Gasteiger partial charge < -0.3 is 10.5 Å². The average Bonchev–Trinajstić information content (AvgIpc) is 2.73. The van der Waals surface area contributed by atoms with E-state index in [2.05, 4.69) is 11.2 Å². The van der Waals surface area contributed by atoms with E-state index < -0.39 is 0 Å². The Labute approximate surface area is 107 Å². The van der Waals surface area contributed by atoms with Gasteiger partial charge in [-0.15, -0.1) is 0 Å². The first-order valence-corrected chi connectivity index (χ1v) is 6.12. The van der Waals surface area contributed by atoms with E-state index in [1.807, 2.05) is 43.8 Å². The molecule has 0 bridgehead atoms. The molecule has 0 aliphatic heterocycles. The van der Waals surface area contributed by atoms with E-state index >= 15 is 0 Å². The third-order valence-electron chi connectivity index (χ3n) is 2.96. The molecule has 0 aliphatic carbocycles. The van der Waals surface area contributed by atoms with Crippen molar-refractivity contribution in [1.29, 1.82) is 0 Å². The Bertz CT molecular complexity index is 546. The largest absolute Gasteiger partial charge is 0.494 e. The molecule has 2 aromatic rings. The molecular weight excluding hydrogens is 226 g/mol. The highest BCUT2D eigenvalue weighted by Gasteiger charge is 2.08. The summed E-state index contributed by atoms with van der Waals surface area (Å²) in [6, 6.07) is 8.13. The monoisotopic (exact) mass is 245 g/mol. The summed E-state index contributed by atoms with van der Waals surface area (Å²) in [6.45, 7) is 5.21. The zero-order valence-electron chi connectivity index (χ0n) is 11.1. The topological polar surface area (TPSA) is 53.1 Å². The summed E-state index contributed by atoms with van der Waals surface area (Å²) in [6.07, 6.45) is 0. The lowest BCUT2D eigenvalue weighted by Gasteiger charge is -2.07. The number of rotatable bonds is 4. The van der Waals surface area contributed by atoms with Crippen molar-refractivity contribution in [3.63, 3.8) is 0 Å². The minimum atomic E-state index is 0.500. The van der Waals surface area contributed by atoms with Gasteiger partial charge in [-0.05, 0) is 43.7 Å². The van der Waals surface area contributed by atoms with E-state index in [9.17, 15) is 0 Å². The number of nitrogens with two attached hydrogens (primary N) is 1. The zero-order chi connectivity index (χ0) is 13.1. The first-order valence-electron chi connectivity index (χ1n) is 6.12. The fourth-order valence-electron chi connectivity index (χ4n) is 1.96. The molecule has 0 unspecified atom stereocenters. The molecular formula is C14H19N3O. The van der Waals surface area contributed by atoms with E-state index in [4.69, 9.17) is 10.5 Å². The van der Waals surface area contributed by atoms with Crippen LogP contribution >= 0.6 is 0 Å². The number of ether oxygens (including phenoxy) is 1. The van der Waals surface area contributed by atoms with Gasteiger partial charge in [0.2, 0.25) is 0 Å². The Hall–Kier alpha value is -1.81. The highest BCUT2D eigenvalue weighted by Crippen LogP contribution is 2.25. The van der Waals surface area contributed by atoms with Gasteiger partial charge in [-0.1, -0.05) is 0 Å². The molecule has 1 aromatic carbocycles. The van der Waals surface area contributed by atoms with Gasteiger partial charge in [-0.25, -0.2) is 0 Å². The number of hydrogen-bond acceptors (Lipinski definition) is 3. The maximum Gasteiger partial charge on any atom is 0.122 e. The number of aryl methyl sites for hydroxylation is 2. The normalized spacial score (nSPS) is 10.7. The van der Waals surface area contributed by atoms with Crippen LogP contribution in [0.3, 0.4) is 0 Å². The summed E-state index contributed by atoms with van der Waals surface area (Å²) in [7, 11) is 1.91.